The summed E-state index contributed by atoms with van der Waals surface area (Å²) in [4.78, 5) is 27.7. The molecule has 0 spiro atoms. The Kier molecular flexibility index (Phi) is 5.75. The number of imide groups is 1. The summed E-state index contributed by atoms with van der Waals surface area (Å²) >= 11 is 0. The van der Waals surface area contributed by atoms with Gasteiger partial charge < -0.3 is 19.2 Å². The molecule has 1 aromatic heterocycles. The summed E-state index contributed by atoms with van der Waals surface area (Å²) in [5.41, 5.74) is 1.81. The Morgan fingerprint density at radius 1 is 0.935 bits per heavy atom. The Morgan fingerprint density at radius 2 is 1.65 bits per heavy atom. The van der Waals surface area contributed by atoms with E-state index in [4.69, 9.17) is 13.9 Å². The van der Waals surface area contributed by atoms with Crippen molar-refractivity contribution < 1.29 is 23.5 Å². The molecule has 0 unspecified atom stereocenters. The van der Waals surface area contributed by atoms with Crippen LogP contribution in [-0.2, 0) is 16.1 Å². The zero-order valence-corrected chi connectivity index (χ0v) is 17.3. The van der Waals surface area contributed by atoms with Gasteiger partial charge in [-0.15, -0.1) is 0 Å². The first-order chi connectivity index (χ1) is 15.1. The van der Waals surface area contributed by atoms with Crippen molar-refractivity contribution in [2.45, 2.75) is 13.5 Å². The van der Waals surface area contributed by atoms with Gasteiger partial charge in [-0.1, -0.05) is 12.1 Å². The van der Waals surface area contributed by atoms with Crippen LogP contribution in [-0.4, -0.2) is 30.4 Å². The quantitative estimate of drug-likeness (QED) is 0.555. The fraction of sp³-hybridized carbons (Fsp3) is 0.167. The van der Waals surface area contributed by atoms with Gasteiger partial charge in [0.05, 0.1) is 32.1 Å². The van der Waals surface area contributed by atoms with Crippen LogP contribution in [0.1, 0.15) is 18.2 Å². The minimum Gasteiger partial charge on any atom is -0.497 e. The lowest BCUT2D eigenvalue weighted by Crippen LogP contribution is -2.31. The number of rotatable bonds is 8. The van der Waals surface area contributed by atoms with E-state index in [-0.39, 0.29) is 18.1 Å². The molecule has 1 N–H and O–H groups in total. The third-order valence-corrected chi connectivity index (χ3v) is 4.88. The van der Waals surface area contributed by atoms with Crippen molar-refractivity contribution in [1.82, 2.24) is 4.90 Å². The molecular formula is C24H22N2O5. The predicted octanol–water partition coefficient (Wildman–Crippen LogP) is 4.08. The number of carbonyl (C=O) groups excluding carboxylic acids is 2. The number of methoxy groups -OCH3 is 1. The lowest BCUT2D eigenvalue weighted by Gasteiger charge is -2.13. The van der Waals surface area contributed by atoms with Crippen LogP contribution in [0.4, 0.5) is 5.69 Å². The molecule has 1 aliphatic rings. The molecule has 0 atom stereocenters. The normalized spacial score (nSPS) is 13.7. The van der Waals surface area contributed by atoms with Crippen molar-refractivity contribution in [2.75, 3.05) is 19.0 Å². The second-order valence-corrected chi connectivity index (χ2v) is 6.84. The van der Waals surface area contributed by atoms with Crippen LogP contribution in [0.5, 0.6) is 11.5 Å². The minimum absolute atomic E-state index is 0.0546. The first-order valence-corrected chi connectivity index (χ1v) is 9.88. The number of nitrogens with zero attached hydrogens (tertiary/aromatic N) is 1. The molecule has 3 aromatic rings. The fourth-order valence-corrected chi connectivity index (χ4v) is 3.36. The molecule has 0 bridgehead atoms. The molecule has 2 amide bonds. The van der Waals surface area contributed by atoms with Crippen molar-refractivity contribution in [2.24, 2.45) is 0 Å². The van der Waals surface area contributed by atoms with E-state index < -0.39 is 5.91 Å². The number of amides is 2. The highest BCUT2D eigenvalue weighted by Gasteiger charge is 2.39. The van der Waals surface area contributed by atoms with Gasteiger partial charge in [0, 0.05) is 5.69 Å². The number of hydrogen-bond acceptors (Lipinski definition) is 6. The summed E-state index contributed by atoms with van der Waals surface area (Å²) in [5, 5.41) is 3.12. The monoisotopic (exact) mass is 418 g/mol. The van der Waals surface area contributed by atoms with Crippen LogP contribution in [0.2, 0.25) is 0 Å². The van der Waals surface area contributed by atoms with Crippen molar-refractivity contribution in [3.8, 4) is 11.5 Å². The zero-order chi connectivity index (χ0) is 21.8. The average Bonchev–Trinajstić information content (AvgIpc) is 3.38. The van der Waals surface area contributed by atoms with E-state index in [1.165, 1.54) is 11.2 Å². The van der Waals surface area contributed by atoms with Crippen LogP contribution in [0.25, 0.3) is 5.57 Å². The van der Waals surface area contributed by atoms with Gasteiger partial charge in [0.15, 0.2) is 0 Å². The molecule has 7 heteroatoms. The summed E-state index contributed by atoms with van der Waals surface area (Å²) in [6.07, 6.45) is 1.51. The smallest absolute Gasteiger partial charge is 0.278 e. The number of furan rings is 1. The molecule has 1 aliphatic heterocycles. The lowest BCUT2D eigenvalue weighted by atomic mass is 10.0. The molecular weight excluding hydrogens is 396 g/mol. The van der Waals surface area contributed by atoms with E-state index >= 15 is 0 Å². The summed E-state index contributed by atoms with van der Waals surface area (Å²) in [6, 6.07) is 17.7. The number of carbonyl (C=O) groups is 2. The summed E-state index contributed by atoms with van der Waals surface area (Å²) in [6.45, 7) is 2.50. The van der Waals surface area contributed by atoms with Crippen LogP contribution in [0.3, 0.4) is 0 Å². The Bertz CT molecular complexity index is 1100. The highest BCUT2D eigenvalue weighted by molar-refractivity contribution is 6.36. The Morgan fingerprint density at radius 3 is 2.26 bits per heavy atom. The minimum atomic E-state index is -0.416. The molecule has 7 nitrogen and oxygen atoms in total. The second kappa shape index (κ2) is 8.79. The molecule has 0 aliphatic carbocycles. The van der Waals surface area contributed by atoms with E-state index in [1.54, 1.807) is 67.8 Å². The Balaban J connectivity index is 1.70. The number of ether oxygens (including phenoxy) is 2. The summed E-state index contributed by atoms with van der Waals surface area (Å²) in [5.74, 6) is 1.11. The van der Waals surface area contributed by atoms with E-state index in [1.807, 2.05) is 6.92 Å². The van der Waals surface area contributed by atoms with E-state index in [9.17, 15) is 9.59 Å². The molecule has 2 aromatic carbocycles. The van der Waals surface area contributed by atoms with E-state index in [0.29, 0.717) is 40.7 Å². The lowest BCUT2D eigenvalue weighted by molar-refractivity contribution is -0.137. The van der Waals surface area contributed by atoms with E-state index in [0.717, 1.165) is 0 Å². The van der Waals surface area contributed by atoms with Crippen molar-refractivity contribution in [3.63, 3.8) is 0 Å². The molecule has 31 heavy (non-hydrogen) atoms. The molecule has 0 saturated heterocycles. The van der Waals surface area contributed by atoms with Gasteiger partial charge >= 0.3 is 0 Å². The molecule has 0 radical (unpaired) electrons. The third kappa shape index (κ3) is 4.16. The van der Waals surface area contributed by atoms with Gasteiger partial charge in [0.1, 0.15) is 23.0 Å². The highest BCUT2D eigenvalue weighted by Crippen LogP contribution is 2.32. The number of anilines is 1. The largest absolute Gasteiger partial charge is 0.497 e. The number of hydrogen-bond donors (Lipinski definition) is 1. The highest BCUT2D eigenvalue weighted by atomic mass is 16.5. The Hall–Kier alpha value is -4.00. The van der Waals surface area contributed by atoms with Crippen LogP contribution in [0, 0.1) is 0 Å². The van der Waals surface area contributed by atoms with E-state index in [2.05, 4.69) is 5.32 Å². The number of benzene rings is 2. The third-order valence-electron chi connectivity index (χ3n) is 4.88. The second-order valence-electron chi connectivity index (χ2n) is 6.84. The van der Waals surface area contributed by atoms with Crippen LogP contribution in [0.15, 0.2) is 77.0 Å². The maximum Gasteiger partial charge on any atom is 0.278 e. The molecule has 158 valence electrons. The van der Waals surface area contributed by atoms with Gasteiger partial charge in [-0.3, -0.25) is 14.5 Å². The first kappa shape index (κ1) is 20.3. The fourth-order valence-electron chi connectivity index (χ4n) is 3.36. The van der Waals surface area contributed by atoms with Crippen LogP contribution < -0.4 is 14.8 Å². The van der Waals surface area contributed by atoms with Crippen molar-refractivity contribution >= 4 is 23.1 Å². The van der Waals surface area contributed by atoms with Gasteiger partial charge in [-0.2, -0.15) is 0 Å². The first-order valence-electron chi connectivity index (χ1n) is 9.88. The zero-order valence-electron chi connectivity index (χ0n) is 17.3. The van der Waals surface area contributed by atoms with Gasteiger partial charge in [0.25, 0.3) is 11.8 Å². The topological polar surface area (TPSA) is 81.0 Å². The van der Waals surface area contributed by atoms with Gasteiger partial charge in [-0.05, 0) is 61.0 Å². The maximum atomic E-state index is 13.3. The Labute approximate surface area is 179 Å². The number of nitrogens with one attached hydrogen (secondary N) is 1. The maximum absolute atomic E-state index is 13.3. The standard InChI is InChI=1S/C24H22N2O5/c1-3-30-19-10-6-16(7-11-19)21-22(25-17-8-12-18(29-2)13-9-17)24(28)26(23(21)27)15-20-5-4-14-31-20/h4-14,25H,3,15H2,1-2H3. The predicted molar refractivity (Wildman–Crippen MR) is 115 cm³/mol. The molecule has 4 rings (SSSR count). The molecule has 0 saturated carbocycles. The van der Waals surface area contributed by atoms with Crippen molar-refractivity contribution in [3.05, 3.63) is 83.9 Å². The summed E-state index contributed by atoms with van der Waals surface area (Å²) < 4.78 is 16.0. The molecule has 2 heterocycles. The van der Waals surface area contributed by atoms with Gasteiger partial charge in [-0.25, -0.2) is 0 Å². The SMILES string of the molecule is CCOc1ccc(C2=C(Nc3ccc(OC)cc3)C(=O)N(Cc3ccco3)C2=O)cc1. The summed E-state index contributed by atoms with van der Waals surface area (Å²) in [7, 11) is 1.58. The van der Waals surface area contributed by atoms with Gasteiger partial charge in [0.2, 0.25) is 0 Å². The van der Waals surface area contributed by atoms with Crippen molar-refractivity contribution in [1.29, 1.82) is 0 Å². The van der Waals surface area contributed by atoms with Crippen LogP contribution >= 0.6 is 0 Å². The average molecular weight is 418 g/mol. The molecule has 0 fully saturated rings.